The lowest BCUT2D eigenvalue weighted by Gasteiger charge is -2.32. The molecule has 162 valence electrons. The Labute approximate surface area is 178 Å². The first-order chi connectivity index (χ1) is 14.5. The number of nitrogens with zero attached hydrogens (tertiary/aromatic N) is 2. The molecule has 3 aliphatic rings. The molecule has 7 nitrogen and oxygen atoms in total. The molecular weight excluding hydrogens is 382 g/mol. The van der Waals surface area contributed by atoms with Crippen LogP contribution in [0.3, 0.4) is 0 Å². The number of hydrogen-bond donors (Lipinski definition) is 1. The van der Waals surface area contributed by atoms with E-state index in [0.29, 0.717) is 31.3 Å². The van der Waals surface area contributed by atoms with Crippen LogP contribution < -0.4 is 19.7 Å². The average molecular weight is 414 g/mol. The predicted octanol–water partition coefficient (Wildman–Crippen LogP) is 2.36. The van der Waals surface area contributed by atoms with Gasteiger partial charge in [-0.1, -0.05) is 11.6 Å². The van der Waals surface area contributed by atoms with E-state index in [2.05, 4.69) is 30.1 Å². The molecule has 2 fully saturated rings. The van der Waals surface area contributed by atoms with Gasteiger partial charge in [0.15, 0.2) is 11.5 Å². The molecule has 1 atom stereocenters. The molecule has 3 heterocycles. The summed E-state index contributed by atoms with van der Waals surface area (Å²) >= 11 is 0. The first-order valence-corrected chi connectivity index (χ1v) is 10.9. The molecule has 0 saturated carbocycles. The molecule has 1 aromatic carbocycles. The highest BCUT2D eigenvalue weighted by Gasteiger charge is 2.36. The fraction of sp³-hybridized carbons (Fsp3) is 0.565. The molecule has 0 bridgehead atoms. The number of rotatable bonds is 5. The Morgan fingerprint density at radius 1 is 1.17 bits per heavy atom. The second kappa shape index (κ2) is 9.08. The average Bonchev–Trinajstić information content (AvgIpc) is 3.14. The van der Waals surface area contributed by atoms with Crippen LogP contribution in [0.25, 0.3) is 0 Å². The SMILES string of the molecule is CC(C)=CCN1CCC(NC(=O)C2CC(=O)N(c3ccc4c(c3)OCCO4)C2)CC1. The number of carbonyl (C=O) groups is 2. The number of hydrogen-bond acceptors (Lipinski definition) is 5. The van der Waals surface area contributed by atoms with E-state index in [4.69, 9.17) is 9.47 Å². The number of fused-ring (bicyclic) bond motifs is 1. The summed E-state index contributed by atoms with van der Waals surface area (Å²) < 4.78 is 11.2. The zero-order valence-electron chi connectivity index (χ0n) is 17.9. The largest absolute Gasteiger partial charge is 0.486 e. The van der Waals surface area contributed by atoms with Gasteiger partial charge in [0.25, 0.3) is 0 Å². The topological polar surface area (TPSA) is 71.1 Å². The maximum Gasteiger partial charge on any atom is 0.227 e. The van der Waals surface area contributed by atoms with Gasteiger partial charge in [0, 0.05) is 50.4 Å². The van der Waals surface area contributed by atoms with Gasteiger partial charge in [0.05, 0.1) is 5.92 Å². The third-order valence-corrected chi connectivity index (χ3v) is 6.02. The maximum atomic E-state index is 12.8. The number of benzene rings is 1. The van der Waals surface area contributed by atoms with Crippen molar-refractivity contribution in [3.63, 3.8) is 0 Å². The number of piperidine rings is 1. The van der Waals surface area contributed by atoms with Crippen LogP contribution in [-0.2, 0) is 9.59 Å². The zero-order chi connectivity index (χ0) is 21.1. The molecule has 7 heteroatoms. The molecule has 1 N–H and O–H groups in total. The molecule has 2 saturated heterocycles. The number of carbonyl (C=O) groups excluding carboxylic acids is 2. The number of nitrogens with one attached hydrogen (secondary N) is 1. The van der Waals surface area contributed by atoms with Crippen molar-refractivity contribution in [2.45, 2.75) is 39.2 Å². The van der Waals surface area contributed by atoms with Crippen LogP contribution >= 0.6 is 0 Å². The van der Waals surface area contributed by atoms with Crippen LogP contribution in [0.2, 0.25) is 0 Å². The molecule has 1 unspecified atom stereocenters. The van der Waals surface area contributed by atoms with E-state index >= 15 is 0 Å². The van der Waals surface area contributed by atoms with Gasteiger partial charge in [-0.3, -0.25) is 14.5 Å². The minimum absolute atomic E-state index is 0.00820. The summed E-state index contributed by atoms with van der Waals surface area (Å²) in [6.45, 7) is 8.62. The molecule has 4 rings (SSSR count). The van der Waals surface area contributed by atoms with Gasteiger partial charge in [0.2, 0.25) is 11.8 Å². The fourth-order valence-electron chi connectivity index (χ4n) is 4.22. The molecule has 2 amide bonds. The summed E-state index contributed by atoms with van der Waals surface area (Å²) in [7, 11) is 0. The van der Waals surface area contributed by atoms with Crippen LogP contribution in [-0.4, -0.2) is 62.1 Å². The van der Waals surface area contributed by atoms with E-state index in [1.54, 1.807) is 4.90 Å². The van der Waals surface area contributed by atoms with Gasteiger partial charge in [-0.15, -0.1) is 0 Å². The molecule has 30 heavy (non-hydrogen) atoms. The lowest BCUT2D eigenvalue weighted by atomic mass is 10.0. The number of allylic oxidation sites excluding steroid dienone is 1. The number of likely N-dealkylation sites (tertiary alicyclic amines) is 1. The Kier molecular flexibility index (Phi) is 6.27. The van der Waals surface area contributed by atoms with E-state index in [1.165, 1.54) is 5.57 Å². The Balaban J connectivity index is 1.30. The van der Waals surface area contributed by atoms with Crippen molar-refractivity contribution >= 4 is 17.5 Å². The van der Waals surface area contributed by atoms with E-state index in [0.717, 1.165) is 38.2 Å². The van der Waals surface area contributed by atoms with Gasteiger partial charge < -0.3 is 19.7 Å². The van der Waals surface area contributed by atoms with Crippen LogP contribution in [0.1, 0.15) is 33.1 Å². The summed E-state index contributed by atoms with van der Waals surface area (Å²) in [6.07, 6.45) is 4.40. The molecule has 0 aliphatic carbocycles. The van der Waals surface area contributed by atoms with Crippen LogP contribution in [0.15, 0.2) is 29.8 Å². The maximum absolute atomic E-state index is 12.8. The standard InChI is InChI=1S/C23H31N3O4/c1-16(2)5-8-25-9-6-18(7-10-25)24-23(28)17-13-22(27)26(15-17)19-3-4-20-21(14-19)30-12-11-29-20/h3-5,14,17-18H,6-13,15H2,1-2H3,(H,24,28). The third kappa shape index (κ3) is 4.78. The Hall–Kier alpha value is -2.54. The molecule has 0 radical (unpaired) electrons. The lowest BCUT2D eigenvalue weighted by molar-refractivity contribution is -0.127. The van der Waals surface area contributed by atoms with Gasteiger partial charge in [-0.2, -0.15) is 0 Å². The van der Waals surface area contributed by atoms with Gasteiger partial charge in [-0.25, -0.2) is 0 Å². The van der Waals surface area contributed by atoms with Crippen molar-refractivity contribution in [2.24, 2.45) is 5.92 Å². The smallest absolute Gasteiger partial charge is 0.227 e. The second-order valence-electron chi connectivity index (χ2n) is 8.60. The number of anilines is 1. The summed E-state index contributed by atoms with van der Waals surface area (Å²) in [5, 5.41) is 3.18. The van der Waals surface area contributed by atoms with Crippen molar-refractivity contribution in [1.82, 2.24) is 10.2 Å². The zero-order valence-corrected chi connectivity index (χ0v) is 17.9. The molecule has 0 aromatic heterocycles. The minimum Gasteiger partial charge on any atom is -0.486 e. The predicted molar refractivity (Wildman–Crippen MR) is 115 cm³/mol. The van der Waals surface area contributed by atoms with Crippen LogP contribution in [0.5, 0.6) is 11.5 Å². The van der Waals surface area contributed by atoms with Crippen molar-refractivity contribution in [3.05, 3.63) is 29.8 Å². The van der Waals surface area contributed by atoms with Gasteiger partial charge >= 0.3 is 0 Å². The monoisotopic (exact) mass is 413 g/mol. The highest BCUT2D eigenvalue weighted by molar-refractivity contribution is 6.00. The highest BCUT2D eigenvalue weighted by Crippen LogP contribution is 2.36. The normalized spacial score (nSPS) is 22.1. The number of amides is 2. The highest BCUT2D eigenvalue weighted by atomic mass is 16.6. The Morgan fingerprint density at radius 2 is 1.90 bits per heavy atom. The fourth-order valence-corrected chi connectivity index (χ4v) is 4.22. The second-order valence-corrected chi connectivity index (χ2v) is 8.60. The third-order valence-electron chi connectivity index (χ3n) is 6.02. The minimum atomic E-state index is -0.311. The van der Waals surface area contributed by atoms with Crippen molar-refractivity contribution in [2.75, 3.05) is 44.3 Å². The van der Waals surface area contributed by atoms with Crippen LogP contribution in [0.4, 0.5) is 5.69 Å². The van der Waals surface area contributed by atoms with E-state index in [-0.39, 0.29) is 30.2 Å². The van der Waals surface area contributed by atoms with Crippen molar-refractivity contribution < 1.29 is 19.1 Å². The first kappa shape index (κ1) is 20.7. The first-order valence-electron chi connectivity index (χ1n) is 10.9. The van der Waals surface area contributed by atoms with E-state index < -0.39 is 0 Å². The Bertz CT molecular complexity index is 826. The van der Waals surface area contributed by atoms with Gasteiger partial charge in [-0.05, 0) is 38.8 Å². The Morgan fingerprint density at radius 3 is 2.63 bits per heavy atom. The summed E-state index contributed by atoms with van der Waals surface area (Å²) in [5.41, 5.74) is 2.09. The summed E-state index contributed by atoms with van der Waals surface area (Å²) in [4.78, 5) is 29.5. The van der Waals surface area contributed by atoms with Crippen LogP contribution in [0, 0.1) is 5.92 Å². The molecule has 1 aromatic rings. The van der Waals surface area contributed by atoms with E-state index in [1.807, 2.05) is 18.2 Å². The summed E-state index contributed by atoms with van der Waals surface area (Å²) in [5.74, 6) is 1.00. The van der Waals surface area contributed by atoms with Gasteiger partial charge in [0.1, 0.15) is 13.2 Å². The van der Waals surface area contributed by atoms with Crippen molar-refractivity contribution in [3.8, 4) is 11.5 Å². The quantitative estimate of drug-likeness (QED) is 0.751. The lowest BCUT2D eigenvalue weighted by Crippen LogP contribution is -2.46. The molecular formula is C23H31N3O4. The summed E-state index contributed by atoms with van der Waals surface area (Å²) in [6, 6.07) is 5.70. The van der Waals surface area contributed by atoms with Crippen molar-refractivity contribution in [1.29, 1.82) is 0 Å². The number of ether oxygens (including phenoxy) is 2. The molecule has 3 aliphatic heterocycles. The molecule has 0 spiro atoms. The van der Waals surface area contributed by atoms with E-state index in [9.17, 15) is 9.59 Å².